The first-order chi connectivity index (χ1) is 13.5. The monoisotopic (exact) mass is 418 g/mol. The van der Waals surface area contributed by atoms with E-state index in [4.69, 9.17) is 0 Å². The summed E-state index contributed by atoms with van der Waals surface area (Å²) < 4.78 is 27.2. The highest BCUT2D eigenvalue weighted by Crippen LogP contribution is 2.24. The minimum absolute atomic E-state index is 0. The first-order valence-electron chi connectivity index (χ1n) is 8.64. The van der Waals surface area contributed by atoms with Gasteiger partial charge in [0.05, 0.1) is 10.9 Å². The van der Waals surface area contributed by atoms with E-state index in [1.54, 1.807) is 48.0 Å². The van der Waals surface area contributed by atoms with Crippen LogP contribution >= 0.6 is 11.3 Å². The SMILES string of the molecule is O=C(NC1CN(c2ccc(S(=O)(=O)Nc3nccs3)cc2)C1)c1ccccc1.[HH].[HH]. The van der Waals surface area contributed by atoms with Crippen molar-refractivity contribution in [2.45, 2.75) is 10.9 Å². The first-order valence-corrected chi connectivity index (χ1v) is 11.0. The molecule has 1 fully saturated rings. The molecule has 3 aromatic rings. The zero-order valence-corrected chi connectivity index (χ0v) is 16.4. The number of hydrogen-bond acceptors (Lipinski definition) is 6. The Balaban J connectivity index is 0.00000160. The third-order valence-electron chi connectivity index (χ3n) is 4.42. The third-order valence-corrected chi connectivity index (χ3v) is 6.59. The third kappa shape index (κ3) is 4.00. The van der Waals surface area contributed by atoms with Crippen molar-refractivity contribution in [3.05, 3.63) is 71.7 Å². The van der Waals surface area contributed by atoms with Crippen LogP contribution in [0.3, 0.4) is 0 Å². The van der Waals surface area contributed by atoms with Crippen LogP contribution in [0.25, 0.3) is 0 Å². The molecule has 7 nitrogen and oxygen atoms in total. The second-order valence-corrected chi connectivity index (χ2v) is 8.96. The predicted octanol–water partition coefficient (Wildman–Crippen LogP) is 3.05. The van der Waals surface area contributed by atoms with E-state index in [0.717, 1.165) is 5.69 Å². The average molecular weight is 419 g/mol. The Bertz CT molecular complexity index is 1060. The van der Waals surface area contributed by atoms with Crippen LogP contribution < -0.4 is 14.9 Å². The van der Waals surface area contributed by atoms with Crippen molar-refractivity contribution in [3.8, 4) is 0 Å². The summed E-state index contributed by atoms with van der Waals surface area (Å²) >= 11 is 1.22. The summed E-state index contributed by atoms with van der Waals surface area (Å²) in [5.74, 6) is -0.0834. The minimum Gasteiger partial charge on any atom is -0.367 e. The van der Waals surface area contributed by atoms with Gasteiger partial charge in [0.15, 0.2) is 5.13 Å². The van der Waals surface area contributed by atoms with Crippen LogP contribution in [0.5, 0.6) is 0 Å². The summed E-state index contributed by atoms with van der Waals surface area (Å²) in [5, 5.41) is 5.04. The van der Waals surface area contributed by atoms with Crippen LogP contribution in [-0.2, 0) is 10.0 Å². The van der Waals surface area contributed by atoms with Gasteiger partial charge in [-0.05, 0) is 36.4 Å². The molecule has 0 spiro atoms. The largest absolute Gasteiger partial charge is 0.367 e. The van der Waals surface area contributed by atoms with E-state index in [1.165, 1.54) is 11.3 Å². The van der Waals surface area contributed by atoms with Crippen LogP contribution in [-0.4, -0.2) is 38.4 Å². The number of nitrogens with zero attached hydrogens (tertiary/aromatic N) is 2. The molecule has 4 rings (SSSR count). The first kappa shape index (κ1) is 18.5. The van der Waals surface area contributed by atoms with E-state index in [2.05, 4.69) is 19.9 Å². The quantitative estimate of drug-likeness (QED) is 0.642. The Morgan fingerprint density at radius 2 is 1.82 bits per heavy atom. The van der Waals surface area contributed by atoms with Crippen LogP contribution in [0.15, 0.2) is 71.1 Å². The van der Waals surface area contributed by atoms with Crippen LogP contribution in [0.2, 0.25) is 0 Å². The van der Waals surface area contributed by atoms with Crippen LogP contribution in [0, 0.1) is 0 Å². The van der Waals surface area contributed by atoms with Crippen molar-refractivity contribution in [1.29, 1.82) is 0 Å². The summed E-state index contributed by atoms with van der Waals surface area (Å²) in [6.07, 6.45) is 1.54. The fraction of sp³-hybridized carbons (Fsp3) is 0.158. The number of hydrogen-bond donors (Lipinski definition) is 2. The zero-order chi connectivity index (χ0) is 19.6. The summed E-state index contributed by atoms with van der Waals surface area (Å²) in [7, 11) is -3.65. The molecule has 2 heterocycles. The Kier molecular flexibility index (Phi) is 5.01. The second kappa shape index (κ2) is 7.61. The average Bonchev–Trinajstić information content (AvgIpc) is 3.17. The van der Waals surface area contributed by atoms with Gasteiger partial charge in [-0.25, -0.2) is 13.4 Å². The molecule has 148 valence electrons. The minimum atomic E-state index is -3.65. The molecule has 2 N–H and O–H groups in total. The summed E-state index contributed by atoms with van der Waals surface area (Å²) in [5.41, 5.74) is 1.56. The van der Waals surface area contributed by atoms with Crippen LogP contribution in [0.4, 0.5) is 10.8 Å². The molecule has 1 saturated heterocycles. The number of thiazole rings is 1. The van der Waals surface area contributed by atoms with Gasteiger partial charge < -0.3 is 10.2 Å². The maximum Gasteiger partial charge on any atom is 0.263 e. The number of nitrogens with one attached hydrogen (secondary N) is 2. The lowest BCUT2D eigenvalue weighted by Crippen LogP contribution is -2.59. The topological polar surface area (TPSA) is 91.4 Å². The summed E-state index contributed by atoms with van der Waals surface area (Å²) in [6.45, 7) is 1.37. The zero-order valence-electron chi connectivity index (χ0n) is 14.8. The second-order valence-electron chi connectivity index (χ2n) is 6.38. The predicted molar refractivity (Wildman–Crippen MR) is 114 cm³/mol. The lowest BCUT2D eigenvalue weighted by Gasteiger charge is -2.41. The van der Waals surface area contributed by atoms with Gasteiger partial charge in [0.2, 0.25) is 0 Å². The van der Waals surface area contributed by atoms with Crippen molar-refractivity contribution in [3.63, 3.8) is 0 Å². The van der Waals surface area contributed by atoms with E-state index in [9.17, 15) is 13.2 Å². The van der Waals surface area contributed by atoms with E-state index in [1.807, 2.05) is 18.2 Å². The molecule has 1 amide bonds. The molecule has 1 aromatic heterocycles. The fourth-order valence-corrected chi connectivity index (χ4v) is 4.71. The number of anilines is 2. The van der Waals surface area contributed by atoms with Gasteiger partial charge in [-0.3, -0.25) is 9.52 Å². The van der Waals surface area contributed by atoms with Gasteiger partial charge >= 0.3 is 0 Å². The number of rotatable bonds is 6. The van der Waals surface area contributed by atoms with Crippen molar-refractivity contribution in [2.24, 2.45) is 0 Å². The highest BCUT2D eigenvalue weighted by molar-refractivity contribution is 7.93. The smallest absolute Gasteiger partial charge is 0.263 e. The van der Waals surface area contributed by atoms with Gasteiger partial charge in [0.25, 0.3) is 15.9 Å². The molecule has 1 aliphatic heterocycles. The Hall–Kier alpha value is -2.91. The van der Waals surface area contributed by atoms with Gasteiger partial charge in [-0.2, -0.15) is 0 Å². The van der Waals surface area contributed by atoms with E-state index >= 15 is 0 Å². The van der Waals surface area contributed by atoms with E-state index in [0.29, 0.717) is 23.8 Å². The van der Waals surface area contributed by atoms with Crippen LogP contribution in [0.1, 0.15) is 13.2 Å². The van der Waals surface area contributed by atoms with E-state index in [-0.39, 0.29) is 19.7 Å². The van der Waals surface area contributed by atoms with Crippen molar-refractivity contribution in [1.82, 2.24) is 10.3 Å². The lowest BCUT2D eigenvalue weighted by atomic mass is 10.1. The highest BCUT2D eigenvalue weighted by Gasteiger charge is 2.28. The maximum atomic E-state index is 12.4. The Labute approximate surface area is 170 Å². The summed E-state index contributed by atoms with van der Waals surface area (Å²) in [6, 6.07) is 15.9. The molecule has 28 heavy (non-hydrogen) atoms. The van der Waals surface area contributed by atoms with Crippen molar-refractivity contribution < 1.29 is 16.1 Å². The van der Waals surface area contributed by atoms with Gasteiger partial charge in [-0.15, -0.1) is 11.3 Å². The Morgan fingerprint density at radius 1 is 1.11 bits per heavy atom. The molecule has 0 radical (unpaired) electrons. The highest BCUT2D eigenvalue weighted by atomic mass is 32.2. The standard InChI is InChI=1S/C19H18N4O3S2.2H2/c24-18(14-4-2-1-3-5-14)21-15-12-23(13-15)16-6-8-17(9-7-16)28(25,26)22-19-20-10-11-27-19;;/h1-11,15H,12-13H2,(H,20,22)(H,21,24);2*1H. The number of benzene rings is 2. The summed E-state index contributed by atoms with van der Waals surface area (Å²) in [4.78, 5) is 18.4. The normalized spacial score (nSPS) is 14.4. The van der Waals surface area contributed by atoms with Gasteiger partial charge in [0, 0.05) is 38.8 Å². The Morgan fingerprint density at radius 3 is 2.46 bits per heavy atom. The number of carbonyl (C=O) groups excluding carboxylic acids is 1. The van der Waals surface area contributed by atoms with Gasteiger partial charge in [0.1, 0.15) is 0 Å². The fourth-order valence-electron chi connectivity index (χ4n) is 2.92. The molecule has 0 bridgehead atoms. The number of carbonyl (C=O) groups is 1. The van der Waals surface area contributed by atoms with Crippen molar-refractivity contribution >= 4 is 38.1 Å². The molecule has 0 saturated carbocycles. The van der Waals surface area contributed by atoms with E-state index < -0.39 is 10.0 Å². The van der Waals surface area contributed by atoms with Crippen molar-refractivity contribution in [2.75, 3.05) is 22.7 Å². The lowest BCUT2D eigenvalue weighted by molar-refractivity contribution is 0.0930. The molecule has 0 aliphatic carbocycles. The number of aromatic nitrogens is 1. The molecule has 1 aliphatic rings. The molecule has 0 atom stereocenters. The molecule has 0 unspecified atom stereocenters. The molecular weight excluding hydrogens is 396 g/mol. The maximum absolute atomic E-state index is 12.4. The molecule has 2 aromatic carbocycles. The van der Waals surface area contributed by atoms with Gasteiger partial charge in [-0.1, -0.05) is 18.2 Å². The number of amides is 1. The number of sulfonamides is 1. The molecular formula is C19H22N4O3S2. The molecule has 9 heteroatoms.